The highest BCUT2D eigenvalue weighted by molar-refractivity contribution is 9.10. The summed E-state index contributed by atoms with van der Waals surface area (Å²) in [5.41, 5.74) is 1.75. The minimum absolute atomic E-state index is 0.221. The molecule has 1 amide bonds. The van der Waals surface area contributed by atoms with E-state index in [1.165, 1.54) is 5.56 Å². The van der Waals surface area contributed by atoms with Crippen LogP contribution < -0.4 is 10.2 Å². The fourth-order valence-corrected chi connectivity index (χ4v) is 2.75. The van der Waals surface area contributed by atoms with Crippen LogP contribution in [0.2, 0.25) is 0 Å². The molecular formula is C19H17BrN4O. The zero-order valence-electron chi connectivity index (χ0n) is 13.7. The lowest BCUT2D eigenvalue weighted by molar-refractivity contribution is 0.102. The summed E-state index contributed by atoms with van der Waals surface area (Å²) in [4.78, 5) is 14.2. The second-order valence-corrected chi connectivity index (χ2v) is 6.50. The van der Waals surface area contributed by atoms with Gasteiger partial charge in [-0.3, -0.25) is 4.79 Å². The number of benzene rings is 2. The number of hydrogen-bond donors (Lipinski definition) is 1. The molecule has 126 valence electrons. The number of carbonyl (C=O) groups excluding carboxylic acids is 1. The van der Waals surface area contributed by atoms with Crippen molar-refractivity contribution in [2.24, 2.45) is 0 Å². The molecule has 0 fully saturated rings. The van der Waals surface area contributed by atoms with Crippen molar-refractivity contribution < 1.29 is 4.79 Å². The van der Waals surface area contributed by atoms with Gasteiger partial charge in [0.2, 0.25) is 0 Å². The van der Waals surface area contributed by atoms with E-state index >= 15 is 0 Å². The molecule has 3 aromatic rings. The molecule has 3 rings (SSSR count). The number of rotatable bonds is 5. The molecule has 0 unspecified atom stereocenters. The molecule has 25 heavy (non-hydrogen) atoms. The van der Waals surface area contributed by atoms with Crippen LogP contribution in [0.3, 0.4) is 0 Å². The average Bonchev–Trinajstić information content (AvgIpc) is 2.63. The van der Waals surface area contributed by atoms with E-state index in [0.29, 0.717) is 11.4 Å². The smallest absolute Gasteiger partial charge is 0.256 e. The molecule has 0 spiro atoms. The molecule has 6 heteroatoms. The van der Waals surface area contributed by atoms with Gasteiger partial charge in [0.15, 0.2) is 11.6 Å². The van der Waals surface area contributed by atoms with E-state index in [1.807, 2.05) is 48.3 Å². The van der Waals surface area contributed by atoms with Gasteiger partial charge in [-0.25, -0.2) is 0 Å². The topological polar surface area (TPSA) is 58.1 Å². The van der Waals surface area contributed by atoms with E-state index in [0.717, 1.165) is 16.8 Å². The van der Waals surface area contributed by atoms with Crippen molar-refractivity contribution in [3.05, 3.63) is 82.3 Å². The van der Waals surface area contributed by atoms with Crippen molar-refractivity contribution in [3.8, 4) is 0 Å². The number of amides is 1. The lowest BCUT2D eigenvalue weighted by Crippen LogP contribution is -2.19. The third kappa shape index (κ3) is 4.64. The first-order valence-electron chi connectivity index (χ1n) is 7.77. The summed E-state index contributed by atoms with van der Waals surface area (Å²) >= 11 is 3.35. The third-order valence-corrected chi connectivity index (χ3v) is 4.13. The van der Waals surface area contributed by atoms with E-state index in [9.17, 15) is 4.79 Å². The number of carbonyl (C=O) groups is 1. The number of nitrogens with one attached hydrogen (secondary N) is 1. The van der Waals surface area contributed by atoms with Crippen molar-refractivity contribution in [2.45, 2.75) is 6.54 Å². The van der Waals surface area contributed by atoms with Crippen LogP contribution in [-0.4, -0.2) is 23.2 Å². The van der Waals surface area contributed by atoms with Gasteiger partial charge >= 0.3 is 0 Å². The Kier molecular flexibility index (Phi) is 5.40. The van der Waals surface area contributed by atoms with Crippen LogP contribution in [0, 0.1) is 0 Å². The fourth-order valence-electron chi connectivity index (χ4n) is 2.35. The average molecular weight is 397 g/mol. The van der Waals surface area contributed by atoms with Crippen molar-refractivity contribution >= 4 is 33.5 Å². The molecule has 0 radical (unpaired) electrons. The van der Waals surface area contributed by atoms with Gasteiger partial charge in [0.1, 0.15) is 0 Å². The van der Waals surface area contributed by atoms with Gasteiger partial charge in [-0.2, -0.15) is 0 Å². The minimum Gasteiger partial charge on any atom is -0.354 e. The maximum absolute atomic E-state index is 12.2. The Morgan fingerprint density at radius 2 is 1.84 bits per heavy atom. The SMILES string of the molecule is CN(Cc1ccccc1)c1ccc(NC(=O)c2cccc(Br)c2)nn1. The van der Waals surface area contributed by atoms with E-state index in [1.54, 1.807) is 18.2 Å². The second-order valence-electron chi connectivity index (χ2n) is 5.58. The van der Waals surface area contributed by atoms with E-state index in [2.05, 4.69) is 43.6 Å². The van der Waals surface area contributed by atoms with Gasteiger partial charge in [0.25, 0.3) is 5.91 Å². The first-order chi connectivity index (χ1) is 12.1. The lowest BCUT2D eigenvalue weighted by Gasteiger charge is -2.17. The van der Waals surface area contributed by atoms with E-state index in [4.69, 9.17) is 0 Å². The molecule has 0 saturated heterocycles. The van der Waals surface area contributed by atoms with E-state index in [-0.39, 0.29) is 5.91 Å². The van der Waals surface area contributed by atoms with E-state index < -0.39 is 0 Å². The predicted molar refractivity (Wildman–Crippen MR) is 103 cm³/mol. The van der Waals surface area contributed by atoms with Crippen LogP contribution in [0.15, 0.2) is 71.2 Å². The van der Waals surface area contributed by atoms with Crippen molar-refractivity contribution in [1.29, 1.82) is 0 Å². The largest absolute Gasteiger partial charge is 0.354 e. The fraction of sp³-hybridized carbons (Fsp3) is 0.105. The molecule has 5 nitrogen and oxygen atoms in total. The third-order valence-electron chi connectivity index (χ3n) is 3.63. The Bertz CT molecular complexity index is 853. The standard InChI is InChI=1S/C19H17BrN4O/c1-24(13-14-6-3-2-4-7-14)18-11-10-17(22-23-18)21-19(25)15-8-5-9-16(20)12-15/h2-12H,13H2,1H3,(H,21,22,25). The van der Waals surface area contributed by atoms with Gasteiger partial charge in [0.05, 0.1) is 0 Å². The monoisotopic (exact) mass is 396 g/mol. The molecule has 0 saturated carbocycles. The highest BCUT2D eigenvalue weighted by atomic mass is 79.9. The number of hydrogen-bond acceptors (Lipinski definition) is 4. The van der Waals surface area contributed by atoms with Gasteiger partial charge in [0, 0.05) is 23.6 Å². The van der Waals surface area contributed by atoms with Gasteiger partial charge in [-0.15, -0.1) is 10.2 Å². The van der Waals surface area contributed by atoms with Gasteiger partial charge < -0.3 is 10.2 Å². The van der Waals surface area contributed by atoms with Crippen LogP contribution >= 0.6 is 15.9 Å². The molecule has 1 aromatic heterocycles. The lowest BCUT2D eigenvalue weighted by atomic mass is 10.2. The maximum Gasteiger partial charge on any atom is 0.256 e. The first kappa shape index (κ1) is 17.1. The number of aromatic nitrogens is 2. The zero-order chi connectivity index (χ0) is 17.6. The summed E-state index contributed by atoms with van der Waals surface area (Å²) < 4.78 is 0.851. The number of nitrogens with zero attached hydrogens (tertiary/aromatic N) is 3. The Morgan fingerprint density at radius 3 is 2.52 bits per heavy atom. The van der Waals surface area contributed by atoms with Crippen molar-refractivity contribution in [2.75, 3.05) is 17.3 Å². The Morgan fingerprint density at radius 1 is 1.04 bits per heavy atom. The summed E-state index contributed by atoms with van der Waals surface area (Å²) in [6, 6.07) is 20.9. The summed E-state index contributed by atoms with van der Waals surface area (Å²) in [7, 11) is 1.96. The molecule has 2 aromatic carbocycles. The number of halogens is 1. The highest BCUT2D eigenvalue weighted by Gasteiger charge is 2.09. The summed E-state index contributed by atoms with van der Waals surface area (Å²) in [5.74, 6) is 0.937. The minimum atomic E-state index is -0.221. The van der Waals surface area contributed by atoms with Crippen LogP contribution in [0.1, 0.15) is 15.9 Å². The van der Waals surface area contributed by atoms with Crippen LogP contribution in [0.4, 0.5) is 11.6 Å². The maximum atomic E-state index is 12.2. The molecule has 0 bridgehead atoms. The summed E-state index contributed by atoms with van der Waals surface area (Å²) in [5, 5.41) is 11.0. The van der Waals surface area contributed by atoms with Gasteiger partial charge in [-0.1, -0.05) is 52.3 Å². The molecule has 0 aliphatic carbocycles. The Labute approximate surface area is 154 Å². The van der Waals surface area contributed by atoms with Crippen LogP contribution in [0.5, 0.6) is 0 Å². The predicted octanol–water partition coefficient (Wildman–Crippen LogP) is 4.13. The number of anilines is 2. The first-order valence-corrected chi connectivity index (χ1v) is 8.57. The van der Waals surface area contributed by atoms with Crippen molar-refractivity contribution in [3.63, 3.8) is 0 Å². The molecule has 0 atom stereocenters. The van der Waals surface area contributed by atoms with Crippen LogP contribution in [-0.2, 0) is 6.54 Å². The summed E-state index contributed by atoms with van der Waals surface area (Å²) in [6.45, 7) is 0.735. The van der Waals surface area contributed by atoms with Crippen LogP contribution in [0.25, 0.3) is 0 Å². The normalized spacial score (nSPS) is 10.3. The molecule has 0 aliphatic heterocycles. The second kappa shape index (κ2) is 7.90. The highest BCUT2D eigenvalue weighted by Crippen LogP contribution is 2.15. The zero-order valence-corrected chi connectivity index (χ0v) is 15.3. The summed E-state index contributed by atoms with van der Waals surface area (Å²) in [6.07, 6.45) is 0. The molecule has 1 heterocycles. The quantitative estimate of drug-likeness (QED) is 0.704. The molecule has 1 N–H and O–H groups in total. The Hall–Kier alpha value is -2.73. The molecule has 0 aliphatic rings. The van der Waals surface area contributed by atoms with Crippen molar-refractivity contribution in [1.82, 2.24) is 10.2 Å². The Balaban J connectivity index is 1.64. The molecular weight excluding hydrogens is 380 g/mol. The van der Waals surface area contributed by atoms with Gasteiger partial charge in [-0.05, 0) is 35.9 Å².